The van der Waals surface area contributed by atoms with Crippen molar-refractivity contribution in [3.05, 3.63) is 0 Å². The Morgan fingerprint density at radius 1 is 1.14 bits per heavy atom. The van der Waals surface area contributed by atoms with Crippen molar-refractivity contribution >= 4 is 0 Å². The first-order chi connectivity index (χ1) is 6.39. The Kier molecular flexibility index (Phi) is 2.42. The average molecular weight is 195 g/mol. The summed E-state index contributed by atoms with van der Waals surface area (Å²) in [5.41, 5.74) is 0.530. The molecule has 14 heavy (non-hydrogen) atoms. The number of hydrogen-bond donors (Lipinski definition) is 0. The smallest absolute Gasteiger partial charge is 0.0104 e. The van der Waals surface area contributed by atoms with Gasteiger partial charge in [0.1, 0.15) is 0 Å². The highest BCUT2D eigenvalue weighted by atomic mass is 15.2. The van der Waals surface area contributed by atoms with Crippen LogP contribution in [0.15, 0.2) is 0 Å². The van der Waals surface area contributed by atoms with Gasteiger partial charge in [0.15, 0.2) is 0 Å². The van der Waals surface area contributed by atoms with Crippen molar-refractivity contribution in [3.63, 3.8) is 0 Å². The zero-order valence-corrected chi connectivity index (χ0v) is 10.4. The lowest BCUT2D eigenvalue weighted by Gasteiger charge is -2.39. The van der Waals surface area contributed by atoms with Crippen molar-refractivity contribution in [2.45, 2.75) is 59.5 Å². The summed E-state index contributed by atoms with van der Waals surface area (Å²) < 4.78 is 0. The Hall–Kier alpha value is -0.0400. The molecule has 1 heteroatoms. The third kappa shape index (κ3) is 1.60. The molecule has 2 bridgehead atoms. The van der Waals surface area contributed by atoms with Crippen molar-refractivity contribution in [2.24, 2.45) is 17.3 Å². The first-order valence-corrected chi connectivity index (χ1v) is 6.15. The van der Waals surface area contributed by atoms with Gasteiger partial charge in [-0.3, -0.25) is 4.90 Å². The fourth-order valence-electron chi connectivity index (χ4n) is 3.68. The molecule has 3 atom stereocenters. The molecule has 1 aliphatic carbocycles. The number of likely N-dealkylation sites (tertiary alicyclic amines) is 1. The topological polar surface area (TPSA) is 3.24 Å². The predicted octanol–water partition coefficient (Wildman–Crippen LogP) is 3.15. The number of hydrogen-bond acceptors (Lipinski definition) is 1. The van der Waals surface area contributed by atoms with Gasteiger partial charge in [0.2, 0.25) is 0 Å². The van der Waals surface area contributed by atoms with Crippen LogP contribution in [0.2, 0.25) is 0 Å². The summed E-state index contributed by atoms with van der Waals surface area (Å²) in [6, 6.07) is 1.66. The highest BCUT2D eigenvalue weighted by molar-refractivity contribution is 5.01. The fourth-order valence-corrected chi connectivity index (χ4v) is 3.68. The van der Waals surface area contributed by atoms with Gasteiger partial charge in [-0.25, -0.2) is 0 Å². The van der Waals surface area contributed by atoms with E-state index < -0.39 is 0 Å². The quantitative estimate of drug-likeness (QED) is 0.621. The molecule has 2 aliphatic rings. The van der Waals surface area contributed by atoms with Gasteiger partial charge in [0.05, 0.1) is 0 Å². The molecule has 1 saturated carbocycles. The van der Waals surface area contributed by atoms with Gasteiger partial charge in [-0.1, -0.05) is 20.8 Å². The summed E-state index contributed by atoms with van der Waals surface area (Å²) in [5.74, 6) is 1.96. The maximum Gasteiger partial charge on any atom is 0.0104 e. The number of rotatable bonds is 1. The van der Waals surface area contributed by atoms with Crippen LogP contribution in [0.25, 0.3) is 0 Å². The van der Waals surface area contributed by atoms with Crippen LogP contribution in [0.1, 0.15) is 47.5 Å². The monoisotopic (exact) mass is 195 g/mol. The third-order valence-corrected chi connectivity index (χ3v) is 4.36. The molecule has 3 unspecified atom stereocenters. The van der Waals surface area contributed by atoms with Crippen molar-refractivity contribution in [2.75, 3.05) is 6.54 Å². The van der Waals surface area contributed by atoms with E-state index in [9.17, 15) is 0 Å². The minimum Gasteiger partial charge on any atom is -0.298 e. The summed E-state index contributed by atoms with van der Waals surface area (Å²) in [6.07, 6.45) is 2.92. The standard InChI is InChI=1S/C13H25N/c1-9(2)14-8-10-6-11(14)7-12(10)13(3,4)5/h9-12H,6-8H2,1-5H3. The van der Waals surface area contributed by atoms with Gasteiger partial charge >= 0.3 is 0 Å². The highest BCUT2D eigenvalue weighted by Gasteiger charge is 2.48. The van der Waals surface area contributed by atoms with Crippen molar-refractivity contribution in [3.8, 4) is 0 Å². The van der Waals surface area contributed by atoms with E-state index in [2.05, 4.69) is 39.5 Å². The Morgan fingerprint density at radius 2 is 1.79 bits per heavy atom. The molecule has 0 aromatic carbocycles. The molecule has 1 saturated heterocycles. The molecule has 0 aromatic rings. The summed E-state index contributed by atoms with van der Waals surface area (Å²) >= 11 is 0. The van der Waals surface area contributed by atoms with Crippen LogP contribution >= 0.6 is 0 Å². The summed E-state index contributed by atoms with van der Waals surface area (Å²) in [4.78, 5) is 2.72. The predicted molar refractivity (Wildman–Crippen MR) is 61.3 cm³/mol. The van der Waals surface area contributed by atoms with E-state index in [-0.39, 0.29) is 0 Å². The van der Waals surface area contributed by atoms with Gasteiger partial charge < -0.3 is 0 Å². The molecule has 0 radical (unpaired) electrons. The first kappa shape index (κ1) is 10.5. The van der Waals surface area contributed by atoms with Gasteiger partial charge in [-0.05, 0) is 43.9 Å². The molecule has 1 nitrogen and oxygen atoms in total. The van der Waals surface area contributed by atoms with Crippen LogP contribution in [-0.2, 0) is 0 Å². The lowest BCUT2D eigenvalue weighted by molar-refractivity contribution is 0.0854. The van der Waals surface area contributed by atoms with E-state index in [0.29, 0.717) is 5.41 Å². The molecule has 0 spiro atoms. The van der Waals surface area contributed by atoms with Crippen LogP contribution in [0.3, 0.4) is 0 Å². The van der Waals surface area contributed by atoms with Crippen molar-refractivity contribution < 1.29 is 0 Å². The van der Waals surface area contributed by atoms with Crippen LogP contribution in [0, 0.1) is 17.3 Å². The Bertz CT molecular complexity index is 214. The lowest BCUT2D eigenvalue weighted by atomic mass is 9.74. The van der Waals surface area contributed by atoms with Gasteiger partial charge in [0.25, 0.3) is 0 Å². The molecule has 1 aliphatic heterocycles. The van der Waals surface area contributed by atoms with Gasteiger partial charge in [-0.15, -0.1) is 0 Å². The molecule has 2 rings (SSSR count). The van der Waals surface area contributed by atoms with Crippen molar-refractivity contribution in [1.82, 2.24) is 4.90 Å². The van der Waals surface area contributed by atoms with Crippen LogP contribution in [0.5, 0.6) is 0 Å². The number of piperidine rings is 1. The minimum absolute atomic E-state index is 0.530. The van der Waals surface area contributed by atoms with Gasteiger partial charge in [0, 0.05) is 18.6 Å². The lowest BCUT2D eigenvalue weighted by Crippen LogP contribution is -2.42. The molecular formula is C13H25N. The summed E-state index contributed by atoms with van der Waals surface area (Å²) in [7, 11) is 0. The maximum atomic E-state index is 2.72. The van der Waals surface area contributed by atoms with Crippen molar-refractivity contribution in [1.29, 1.82) is 0 Å². The molecule has 0 amide bonds. The van der Waals surface area contributed by atoms with Crippen LogP contribution in [0.4, 0.5) is 0 Å². The molecule has 1 heterocycles. The molecular weight excluding hydrogens is 170 g/mol. The average Bonchev–Trinajstić information content (AvgIpc) is 2.58. The number of fused-ring (bicyclic) bond motifs is 2. The van der Waals surface area contributed by atoms with E-state index in [1.54, 1.807) is 0 Å². The zero-order valence-electron chi connectivity index (χ0n) is 10.4. The largest absolute Gasteiger partial charge is 0.298 e. The second-order valence-corrected chi connectivity index (χ2v) is 6.65. The zero-order chi connectivity index (χ0) is 10.5. The van der Waals surface area contributed by atoms with E-state index in [4.69, 9.17) is 0 Å². The molecule has 2 fully saturated rings. The second kappa shape index (κ2) is 3.23. The normalized spacial score (nSPS) is 38.6. The van der Waals surface area contributed by atoms with E-state index in [1.165, 1.54) is 19.4 Å². The van der Waals surface area contributed by atoms with E-state index in [0.717, 1.165) is 23.9 Å². The number of nitrogens with zero attached hydrogens (tertiary/aromatic N) is 1. The fraction of sp³-hybridized carbons (Fsp3) is 1.00. The van der Waals surface area contributed by atoms with Gasteiger partial charge in [-0.2, -0.15) is 0 Å². The Morgan fingerprint density at radius 3 is 2.14 bits per heavy atom. The summed E-state index contributed by atoms with van der Waals surface area (Å²) in [6.45, 7) is 13.3. The summed E-state index contributed by atoms with van der Waals surface area (Å²) in [5, 5.41) is 0. The maximum absolute atomic E-state index is 2.72. The first-order valence-electron chi connectivity index (χ1n) is 6.15. The molecule has 0 aromatic heterocycles. The Balaban J connectivity index is 2.03. The third-order valence-electron chi connectivity index (χ3n) is 4.36. The SMILES string of the molecule is CC(C)N1CC2CC1CC2C(C)(C)C. The Labute approximate surface area is 88.9 Å². The molecule has 0 N–H and O–H groups in total. The van der Waals surface area contributed by atoms with Crippen LogP contribution in [-0.4, -0.2) is 23.5 Å². The highest BCUT2D eigenvalue weighted by Crippen LogP contribution is 2.50. The molecule has 82 valence electrons. The second-order valence-electron chi connectivity index (χ2n) is 6.65. The van der Waals surface area contributed by atoms with E-state index >= 15 is 0 Å². The minimum atomic E-state index is 0.530. The van der Waals surface area contributed by atoms with E-state index in [1.807, 2.05) is 0 Å². The van der Waals surface area contributed by atoms with Crippen LogP contribution < -0.4 is 0 Å².